The van der Waals surface area contributed by atoms with E-state index < -0.39 is 11.9 Å². The highest BCUT2D eigenvalue weighted by atomic mass is 16.5. The Morgan fingerprint density at radius 2 is 2.46 bits per heavy atom. The first kappa shape index (κ1) is 10.2. The van der Waals surface area contributed by atoms with Gasteiger partial charge >= 0.3 is 5.97 Å². The van der Waals surface area contributed by atoms with Gasteiger partial charge in [-0.1, -0.05) is 0 Å². The predicted molar refractivity (Wildman–Crippen MR) is 47.1 cm³/mol. The molecule has 0 aromatic heterocycles. The van der Waals surface area contributed by atoms with Gasteiger partial charge in [-0.15, -0.1) is 0 Å². The maximum atomic E-state index is 11.3. The van der Waals surface area contributed by atoms with E-state index in [9.17, 15) is 9.59 Å². The van der Waals surface area contributed by atoms with E-state index in [1.165, 1.54) is 4.81 Å². The average Bonchev–Trinajstić information content (AvgIpc) is 2.09. The molecule has 0 amide bonds. The second-order valence-electron chi connectivity index (χ2n) is 3.02. The van der Waals surface area contributed by atoms with Gasteiger partial charge in [0.15, 0.2) is 7.98 Å². The minimum absolute atomic E-state index is 0.0693. The Labute approximate surface area is 78.7 Å². The van der Waals surface area contributed by atoms with Gasteiger partial charge in [0, 0.05) is 13.0 Å². The summed E-state index contributed by atoms with van der Waals surface area (Å²) in [6, 6.07) is 0. The van der Waals surface area contributed by atoms with Crippen LogP contribution in [0.1, 0.15) is 13.3 Å². The quantitative estimate of drug-likeness (QED) is 0.328. The molecule has 0 spiro atoms. The second kappa shape index (κ2) is 4.41. The van der Waals surface area contributed by atoms with Crippen LogP contribution < -0.4 is 0 Å². The fourth-order valence-corrected chi connectivity index (χ4v) is 1.30. The van der Waals surface area contributed by atoms with Crippen molar-refractivity contribution in [3.8, 4) is 0 Å². The molecule has 1 saturated heterocycles. The molecule has 0 aromatic rings. The molecule has 0 saturated carbocycles. The number of rotatable bonds is 2. The van der Waals surface area contributed by atoms with Crippen molar-refractivity contribution < 1.29 is 14.3 Å². The van der Waals surface area contributed by atoms with Crippen molar-refractivity contribution in [1.29, 1.82) is 0 Å². The third kappa shape index (κ3) is 2.55. The fraction of sp³-hybridized carbons (Fsp3) is 0.750. The molecule has 1 aliphatic rings. The van der Waals surface area contributed by atoms with Crippen molar-refractivity contribution in [1.82, 2.24) is 4.81 Å². The van der Waals surface area contributed by atoms with E-state index in [1.807, 2.05) is 0 Å². The number of ketones is 1. The summed E-state index contributed by atoms with van der Waals surface area (Å²) in [5, 5.41) is 0. The highest BCUT2D eigenvalue weighted by molar-refractivity contribution is 6.07. The van der Waals surface area contributed by atoms with Crippen molar-refractivity contribution in [2.24, 2.45) is 5.92 Å². The van der Waals surface area contributed by atoms with Crippen LogP contribution in [0.3, 0.4) is 0 Å². The molecule has 5 heteroatoms. The highest BCUT2D eigenvalue weighted by Crippen LogP contribution is 2.12. The second-order valence-corrected chi connectivity index (χ2v) is 3.02. The number of nitrogens with zero attached hydrogens (tertiary/aromatic N) is 1. The van der Waals surface area contributed by atoms with Gasteiger partial charge in [-0.25, -0.2) is 0 Å². The van der Waals surface area contributed by atoms with Gasteiger partial charge in [-0.3, -0.25) is 9.59 Å². The maximum Gasteiger partial charge on any atom is 0.317 e. The normalized spacial score (nSPS) is 24.4. The summed E-state index contributed by atoms with van der Waals surface area (Å²) in [5.41, 5.74) is 0. The minimum Gasteiger partial charge on any atom is -0.465 e. The topological polar surface area (TPSA) is 46.6 Å². The molecule has 13 heavy (non-hydrogen) atoms. The number of piperidine rings is 1. The lowest BCUT2D eigenvalue weighted by molar-refractivity contribution is -0.153. The molecule has 70 valence electrons. The van der Waals surface area contributed by atoms with Gasteiger partial charge < -0.3 is 9.55 Å². The number of hydrogen-bond donors (Lipinski definition) is 0. The largest absolute Gasteiger partial charge is 0.465 e. The predicted octanol–water partition coefficient (Wildman–Crippen LogP) is -0.476. The maximum absolute atomic E-state index is 11.3. The number of hydrogen-bond acceptors (Lipinski definition) is 4. The first-order chi connectivity index (χ1) is 6.15. The summed E-state index contributed by atoms with van der Waals surface area (Å²) in [6.45, 7) is 2.81. The Bertz CT molecular complexity index is 219. The molecule has 1 fully saturated rings. The summed E-state index contributed by atoms with van der Waals surface area (Å²) in [7, 11) is 5.49. The van der Waals surface area contributed by atoms with Crippen molar-refractivity contribution in [3.63, 3.8) is 0 Å². The van der Waals surface area contributed by atoms with Crippen LogP contribution in [0.15, 0.2) is 0 Å². The van der Waals surface area contributed by atoms with Gasteiger partial charge in [0.2, 0.25) is 0 Å². The Kier molecular flexibility index (Phi) is 3.48. The third-order valence-electron chi connectivity index (χ3n) is 2.02. The van der Waals surface area contributed by atoms with Crippen molar-refractivity contribution in [2.75, 3.05) is 19.7 Å². The van der Waals surface area contributed by atoms with E-state index in [4.69, 9.17) is 12.7 Å². The van der Waals surface area contributed by atoms with Crippen LogP contribution in [0.5, 0.6) is 0 Å². The SMILES string of the molecule is [B]N1CCC(=O)C(C(=O)OCC)C1. The minimum atomic E-state index is -0.682. The van der Waals surface area contributed by atoms with Crippen LogP contribution >= 0.6 is 0 Å². The lowest BCUT2D eigenvalue weighted by Gasteiger charge is -2.27. The van der Waals surface area contributed by atoms with E-state index in [0.29, 0.717) is 19.6 Å². The zero-order valence-corrected chi connectivity index (χ0v) is 7.66. The third-order valence-corrected chi connectivity index (χ3v) is 2.02. The molecular formula is C8H12BNO3. The molecule has 1 aliphatic heterocycles. The zero-order chi connectivity index (χ0) is 9.84. The summed E-state index contributed by atoms with van der Waals surface area (Å²) >= 11 is 0. The molecule has 1 unspecified atom stereocenters. The van der Waals surface area contributed by atoms with E-state index in [-0.39, 0.29) is 12.3 Å². The summed E-state index contributed by atoms with van der Waals surface area (Å²) in [6.07, 6.45) is 0.333. The molecule has 1 heterocycles. The molecule has 2 radical (unpaired) electrons. The summed E-state index contributed by atoms with van der Waals surface area (Å²) in [4.78, 5) is 24.0. The lowest BCUT2D eigenvalue weighted by atomic mass is 9.94. The first-order valence-electron chi connectivity index (χ1n) is 4.34. The monoisotopic (exact) mass is 181 g/mol. The average molecular weight is 181 g/mol. The lowest BCUT2D eigenvalue weighted by Crippen LogP contribution is -2.43. The van der Waals surface area contributed by atoms with E-state index in [2.05, 4.69) is 0 Å². The van der Waals surface area contributed by atoms with Crippen LogP contribution in [0.25, 0.3) is 0 Å². The number of esters is 1. The standard InChI is InChI=1S/C8H12BNO3/c1-2-13-8(12)6-5-10(9)4-3-7(6)11/h6H,2-5H2,1H3. The molecule has 0 aromatic carbocycles. The van der Waals surface area contributed by atoms with Crippen molar-refractivity contribution >= 4 is 19.7 Å². The van der Waals surface area contributed by atoms with Crippen LogP contribution in [-0.2, 0) is 14.3 Å². The van der Waals surface area contributed by atoms with Gasteiger partial charge in [0.1, 0.15) is 11.7 Å². The Morgan fingerprint density at radius 3 is 3.08 bits per heavy atom. The molecule has 1 rings (SSSR count). The van der Waals surface area contributed by atoms with Crippen molar-refractivity contribution in [3.05, 3.63) is 0 Å². The van der Waals surface area contributed by atoms with Gasteiger partial charge in [-0.05, 0) is 13.5 Å². The number of Topliss-reactive ketones (excluding diaryl/α,β-unsaturated/α-hetero) is 1. The van der Waals surface area contributed by atoms with Crippen LogP contribution in [0.2, 0.25) is 0 Å². The smallest absolute Gasteiger partial charge is 0.317 e. The van der Waals surface area contributed by atoms with E-state index in [1.54, 1.807) is 6.92 Å². The number of carbonyl (C=O) groups is 2. The molecule has 1 atom stereocenters. The van der Waals surface area contributed by atoms with Gasteiger partial charge in [0.25, 0.3) is 0 Å². The number of carbonyl (C=O) groups excluding carboxylic acids is 2. The zero-order valence-electron chi connectivity index (χ0n) is 7.66. The van der Waals surface area contributed by atoms with Crippen LogP contribution in [0, 0.1) is 5.92 Å². The molecule has 0 bridgehead atoms. The molecule has 0 aliphatic carbocycles. The summed E-state index contributed by atoms with van der Waals surface area (Å²) < 4.78 is 4.76. The number of ether oxygens (including phenoxy) is 1. The van der Waals surface area contributed by atoms with Crippen molar-refractivity contribution in [2.45, 2.75) is 13.3 Å². The fourth-order valence-electron chi connectivity index (χ4n) is 1.30. The molecule has 0 N–H and O–H groups in total. The van der Waals surface area contributed by atoms with Crippen LogP contribution in [0.4, 0.5) is 0 Å². The van der Waals surface area contributed by atoms with Gasteiger partial charge in [-0.2, -0.15) is 0 Å². The van der Waals surface area contributed by atoms with E-state index in [0.717, 1.165) is 0 Å². The molecular weight excluding hydrogens is 169 g/mol. The Balaban J connectivity index is 2.55. The molecule has 4 nitrogen and oxygen atoms in total. The Hall–Kier alpha value is -0.835. The van der Waals surface area contributed by atoms with E-state index >= 15 is 0 Å². The summed E-state index contributed by atoms with van der Waals surface area (Å²) in [5.74, 6) is -1.21. The first-order valence-corrected chi connectivity index (χ1v) is 4.34. The van der Waals surface area contributed by atoms with Crippen LogP contribution in [-0.4, -0.2) is 44.2 Å². The van der Waals surface area contributed by atoms with Gasteiger partial charge in [0.05, 0.1) is 6.61 Å². The highest BCUT2D eigenvalue weighted by Gasteiger charge is 2.31. The Morgan fingerprint density at radius 1 is 1.77 bits per heavy atom.